The van der Waals surface area contributed by atoms with E-state index in [2.05, 4.69) is 5.32 Å². The van der Waals surface area contributed by atoms with Crippen molar-refractivity contribution in [3.8, 4) is 0 Å². The van der Waals surface area contributed by atoms with Crippen LogP contribution >= 0.6 is 0 Å². The predicted molar refractivity (Wildman–Crippen MR) is 173 cm³/mol. The van der Waals surface area contributed by atoms with Gasteiger partial charge in [0.05, 0.1) is 26.4 Å². The zero-order valence-electron chi connectivity index (χ0n) is 30.4. The van der Waals surface area contributed by atoms with Crippen molar-refractivity contribution in [1.29, 1.82) is 0 Å². The number of carboxylic acid groups (broad SMARTS) is 1. The summed E-state index contributed by atoms with van der Waals surface area (Å²) in [5, 5.41) is 159. The number of aliphatic hydroxyl groups excluding tert-OH is 14. The zero-order chi connectivity index (χ0) is 42.9. The fourth-order valence-electron chi connectivity index (χ4n) is 7.08. The molecule has 0 aromatic heterocycles. The van der Waals surface area contributed by atoms with Gasteiger partial charge in [-0.25, -0.2) is 4.79 Å². The predicted octanol–water partition coefficient (Wildman–Crippen LogP) is -11.0. The molecule has 0 aliphatic carbocycles. The molecule has 5 aliphatic rings. The summed E-state index contributed by atoms with van der Waals surface area (Å²) in [6.45, 7) is -2.31. The molecule has 0 bridgehead atoms. The minimum Gasteiger partial charge on any atom is -0.479 e. The molecule has 336 valence electrons. The molecule has 0 unspecified atom stereocenters. The molecule has 5 heterocycles. The van der Waals surface area contributed by atoms with Gasteiger partial charge in [0.1, 0.15) is 110 Å². The van der Waals surface area contributed by atoms with Crippen LogP contribution in [-0.2, 0) is 52.2 Å². The van der Waals surface area contributed by atoms with Gasteiger partial charge in [-0.3, -0.25) is 4.79 Å². The lowest BCUT2D eigenvalue weighted by atomic mass is 9.94. The largest absolute Gasteiger partial charge is 0.479 e. The molecule has 27 heteroatoms. The number of carbonyl (C=O) groups excluding carboxylic acids is 1. The molecule has 16 N–H and O–H groups in total. The van der Waals surface area contributed by atoms with Crippen molar-refractivity contribution >= 4 is 11.9 Å². The number of carboxylic acids is 1. The van der Waals surface area contributed by atoms with E-state index in [4.69, 9.17) is 42.6 Å². The first-order chi connectivity index (χ1) is 27.3. The van der Waals surface area contributed by atoms with E-state index >= 15 is 0 Å². The van der Waals surface area contributed by atoms with Gasteiger partial charge in [-0.1, -0.05) is 0 Å². The molecule has 5 saturated heterocycles. The Labute approximate surface area is 326 Å². The van der Waals surface area contributed by atoms with Crippen LogP contribution in [0.1, 0.15) is 6.92 Å². The van der Waals surface area contributed by atoms with Gasteiger partial charge < -0.3 is 125 Å². The molecular weight excluding hydrogens is 802 g/mol. The number of aliphatic hydroxyl groups is 14. The van der Waals surface area contributed by atoms with Crippen molar-refractivity contribution in [2.45, 2.75) is 154 Å². The van der Waals surface area contributed by atoms with Crippen LogP contribution in [0.2, 0.25) is 0 Å². The van der Waals surface area contributed by atoms with E-state index in [9.17, 15) is 86.2 Å². The maximum absolute atomic E-state index is 12.4. The van der Waals surface area contributed by atoms with Crippen LogP contribution in [0, 0.1) is 0 Å². The highest BCUT2D eigenvalue weighted by molar-refractivity contribution is 5.74. The third-order valence-corrected chi connectivity index (χ3v) is 10.3. The Kier molecular flexibility index (Phi) is 16.1. The quantitative estimate of drug-likeness (QED) is 0.0818. The molecule has 27 nitrogen and oxygen atoms in total. The van der Waals surface area contributed by atoms with Crippen LogP contribution in [0.15, 0.2) is 0 Å². The maximum Gasteiger partial charge on any atom is 0.335 e. The second-order valence-corrected chi connectivity index (χ2v) is 14.3. The van der Waals surface area contributed by atoms with E-state index in [1.807, 2.05) is 0 Å². The Bertz CT molecular complexity index is 1350. The van der Waals surface area contributed by atoms with E-state index < -0.39 is 186 Å². The summed E-state index contributed by atoms with van der Waals surface area (Å²) in [6, 6.07) is -1.61. The van der Waals surface area contributed by atoms with Crippen LogP contribution in [0.4, 0.5) is 0 Å². The normalized spacial score (nSPS) is 50.3. The summed E-state index contributed by atoms with van der Waals surface area (Å²) in [5.74, 6) is -2.62. The zero-order valence-corrected chi connectivity index (χ0v) is 30.4. The van der Waals surface area contributed by atoms with Crippen molar-refractivity contribution in [2.24, 2.45) is 0 Å². The molecule has 5 aliphatic heterocycles. The minimum absolute atomic E-state index is 0.522. The summed E-state index contributed by atoms with van der Waals surface area (Å²) in [5.41, 5.74) is 0. The van der Waals surface area contributed by atoms with Crippen LogP contribution in [0.5, 0.6) is 0 Å². The first-order valence-electron chi connectivity index (χ1n) is 18.0. The van der Waals surface area contributed by atoms with Crippen LogP contribution in [0.25, 0.3) is 0 Å². The number of amides is 1. The number of hydrogen-bond donors (Lipinski definition) is 16. The SMILES string of the molecule is CC(=O)N[C@H]1[C@@H](O[C@H]2[C@H](O)[C@@H](O)[C@H](O[C@H]3[C@@H](O)[C@@H](CO)O[C@@H](O[C@H]4[C@@H](O)[C@@H](CO)O[C@@H](O[C@@H]5CO[C@@H](O)[C@H](O)[C@H]5O)[C@@H]4O)[C@@H]3O)O[C@@H]2C(=O)O)O[C@H](CO)[C@@H](O)[C@@H]1O. The minimum atomic E-state index is -2.29. The number of aliphatic carboxylic acids is 1. The lowest BCUT2D eigenvalue weighted by Crippen LogP contribution is -2.69. The summed E-state index contributed by atoms with van der Waals surface area (Å²) >= 11 is 0. The first-order valence-corrected chi connectivity index (χ1v) is 18.0. The smallest absolute Gasteiger partial charge is 0.335 e. The van der Waals surface area contributed by atoms with E-state index in [0.29, 0.717) is 0 Å². The van der Waals surface area contributed by atoms with Crippen LogP contribution in [-0.4, -0.2) is 262 Å². The molecule has 0 radical (unpaired) electrons. The van der Waals surface area contributed by atoms with Gasteiger partial charge in [0, 0.05) is 6.92 Å². The molecule has 5 fully saturated rings. The Balaban J connectivity index is 1.32. The molecule has 0 aromatic rings. The van der Waals surface area contributed by atoms with Crippen molar-refractivity contribution in [3.63, 3.8) is 0 Å². The van der Waals surface area contributed by atoms with E-state index in [0.717, 1.165) is 6.92 Å². The number of hydrogen-bond acceptors (Lipinski definition) is 25. The van der Waals surface area contributed by atoms with Gasteiger partial charge in [-0.15, -0.1) is 0 Å². The fourth-order valence-corrected chi connectivity index (χ4v) is 7.08. The molecule has 58 heavy (non-hydrogen) atoms. The molecular formula is C31H51NO26. The lowest BCUT2D eigenvalue weighted by Gasteiger charge is -2.49. The van der Waals surface area contributed by atoms with Gasteiger partial charge in [-0.2, -0.15) is 0 Å². The molecule has 5 rings (SSSR count). The fraction of sp³-hybridized carbons (Fsp3) is 0.935. The highest BCUT2D eigenvalue weighted by Crippen LogP contribution is 2.35. The second-order valence-electron chi connectivity index (χ2n) is 14.3. The van der Waals surface area contributed by atoms with Crippen LogP contribution in [0.3, 0.4) is 0 Å². The standard InChI is InChI=1S/C31H51NO26/c1-6(36)32-11-16(41)12(37)7(2-33)51-28(11)57-24-17(42)19(44)29(58-25(24)26(47)48)55-23-15(40)9(4-35)53-31(21(23)46)56-22-14(39)8(3-34)52-30(20(22)45)54-10-5-50-27(49)18(43)13(10)38/h7-25,27-31,33-35,37-46,49H,2-5H2,1H3,(H,32,36)(H,47,48)/t7-,8-,9-,10-,11-,12-,13+,14+,15+,16-,17-,18-,19-,20-,21-,22+,23+,24+,25+,27-,28-,29-,30+,31+/m1/s1. The Morgan fingerprint density at radius 3 is 1.50 bits per heavy atom. The van der Waals surface area contributed by atoms with Crippen molar-refractivity contribution < 1.29 is 129 Å². The maximum atomic E-state index is 12.4. The summed E-state index contributed by atoms with van der Waals surface area (Å²) in [4.78, 5) is 24.3. The van der Waals surface area contributed by atoms with E-state index in [1.165, 1.54) is 0 Å². The lowest BCUT2D eigenvalue weighted by molar-refractivity contribution is -0.388. The number of rotatable bonds is 13. The van der Waals surface area contributed by atoms with E-state index in [-0.39, 0.29) is 0 Å². The van der Waals surface area contributed by atoms with Gasteiger partial charge in [0.15, 0.2) is 37.6 Å². The molecule has 0 aromatic carbocycles. The van der Waals surface area contributed by atoms with Gasteiger partial charge in [0.25, 0.3) is 0 Å². The topological polar surface area (TPSA) is 433 Å². The van der Waals surface area contributed by atoms with Gasteiger partial charge >= 0.3 is 5.97 Å². The van der Waals surface area contributed by atoms with Crippen molar-refractivity contribution in [3.05, 3.63) is 0 Å². The molecule has 0 spiro atoms. The third kappa shape index (κ3) is 9.72. The number of ether oxygens (including phenoxy) is 9. The Hall–Kier alpha value is -1.98. The summed E-state index contributed by atoms with van der Waals surface area (Å²) < 4.78 is 48.9. The second kappa shape index (κ2) is 19.8. The van der Waals surface area contributed by atoms with Gasteiger partial charge in [0.2, 0.25) is 5.91 Å². The summed E-state index contributed by atoms with van der Waals surface area (Å²) in [7, 11) is 0. The average molecular weight is 854 g/mol. The monoisotopic (exact) mass is 853 g/mol. The van der Waals surface area contributed by atoms with Crippen LogP contribution < -0.4 is 5.32 Å². The summed E-state index contributed by atoms with van der Waals surface area (Å²) in [6.07, 6.45) is -44.4. The first kappa shape index (κ1) is 47.1. The van der Waals surface area contributed by atoms with E-state index in [1.54, 1.807) is 0 Å². The van der Waals surface area contributed by atoms with Crippen molar-refractivity contribution in [1.82, 2.24) is 5.32 Å². The molecule has 0 saturated carbocycles. The highest BCUT2D eigenvalue weighted by atomic mass is 16.8. The molecule has 1 amide bonds. The average Bonchev–Trinajstić information content (AvgIpc) is 3.18. The number of carbonyl (C=O) groups is 2. The Morgan fingerprint density at radius 2 is 1.00 bits per heavy atom. The number of nitrogens with one attached hydrogen (secondary N) is 1. The van der Waals surface area contributed by atoms with Gasteiger partial charge in [-0.05, 0) is 0 Å². The Morgan fingerprint density at radius 1 is 0.534 bits per heavy atom. The highest BCUT2D eigenvalue weighted by Gasteiger charge is 2.57. The third-order valence-electron chi connectivity index (χ3n) is 10.3. The van der Waals surface area contributed by atoms with Crippen molar-refractivity contribution in [2.75, 3.05) is 26.4 Å². The molecule has 24 atom stereocenters.